The van der Waals surface area contributed by atoms with Gasteiger partial charge in [-0.2, -0.15) is 0 Å². The van der Waals surface area contributed by atoms with Crippen LogP contribution < -0.4 is 4.74 Å². The quantitative estimate of drug-likeness (QED) is 0.565. The first-order chi connectivity index (χ1) is 12.4. The Morgan fingerprint density at radius 2 is 1.58 bits per heavy atom. The molecule has 0 radical (unpaired) electrons. The maximum absolute atomic E-state index is 12.2. The molecule has 1 aromatic heterocycles. The lowest BCUT2D eigenvalue weighted by Crippen LogP contribution is -2.25. The minimum absolute atomic E-state index is 0.376. The molecule has 2 fully saturated rings. The predicted octanol–water partition coefficient (Wildman–Crippen LogP) is 6.86. The Morgan fingerprint density at radius 3 is 2.08 bits per heavy atom. The Hall–Kier alpha value is -1.26. The van der Waals surface area contributed by atoms with Gasteiger partial charge >= 0.3 is 6.36 Å². The van der Waals surface area contributed by atoms with E-state index in [1.165, 1.54) is 57.4 Å². The zero-order chi connectivity index (χ0) is 18.6. The molecule has 3 rings (SSSR count). The predicted molar refractivity (Wildman–Crippen MR) is 96.0 cm³/mol. The Morgan fingerprint density at radius 1 is 0.962 bits per heavy atom. The van der Waals surface area contributed by atoms with Gasteiger partial charge in [0.1, 0.15) is 0 Å². The highest BCUT2D eigenvalue weighted by Crippen LogP contribution is 2.44. The van der Waals surface area contributed by atoms with E-state index >= 15 is 0 Å². The average Bonchev–Trinajstić information content (AvgIpc) is 2.62. The van der Waals surface area contributed by atoms with E-state index in [0.29, 0.717) is 5.92 Å². The standard InChI is InChI=1S/C21H30F3NO/c1-2-3-15-4-6-16(7-5-15)17-8-10-18(11-9-17)19-12-13-20(25-14-19)26-21(22,23)24/h12-18H,2-11H2,1H3/t15-,16-,17-,18-. The van der Waals surface area contributed by atoms with Gasteiger partial charge in [0, 0.05) is 12.3 Å². The minimum atomic E-state index is -4.68. The smallest absolute Gasteiger partial charge is 0.388 e. The summed E-state index contributed by atoms with van der Waals surface area (Å²) in [6.45, 7) is 2.28. The monoisotopic (exact) mass is 369 g/mol. The molecule has 2 aliphatic carbocycles. The molecule has 1 aromatic rings. The van der Waals surface area contributed by atoms with Crippen LogP contribution in [0, 0.1) is 17.8 Å². The van der Waals surface area contributed by atoms with Crippen LogP contribution in [0.4, 0.5) is 13.2 Å². The molecule has 0 saturated heterocycles. The van der Waals surface area contributed by atoms with E-state index in [2.05, 4.69) is 16.6 Å². The van der Waals surface area contributed by atoms with Gasteiger partial charge in [-0.05, 0) is 67.8 Å². The summed E-state index contributed by atoms with van der Waals surface area (Å²) in [6.07, 6.45) is 9.92. The fourth-order valence-corrected chi connectivity index (χ4v) is 5.09. The maximum atomic E-state index is 12.2. The molecule has 0 unspecified atom stereocenters. The molecule has 0 aliphatic heterocycles. The molecule has 0 aromatic carbocycles. The van der Waals surface area contributed by atoms with Crippen LogP contribution in [0.1, 0.15) is 82.6 Å². The van der Waals surface area contributed by atoms with Crippen molar-refractivity contribution in [3.8, 4) is 5.88 Å². The summed E-state index contributed by atoms with van der Waals surface area (Å²) in [5, 5.41) is 0. The van der Waals surface area contributed by atoms with Crippen LogP contribution in [0.25, 0.3) is 0 Å². The van der Waals surface area contributed by atoms with Crippen molar-refractivity contribution in [1.29, 1.82) is 0 Å². The Balaban J connectivity index is 1.46. The third-order valence-electron chi connectivity index (χ3n) is 6.48. The second-order valence-corrected chi connectivity index (χ2v) is 8.16. The normalized spacial score (nSPS) is 30.2. The van der Waals surface area contributed by atoms with Crippen molar-refractivity contribution < 1.29 is 17.9 Å². The first kappa shape index (κ1) is 19.5. The van der Waals surface area contributed by atoms with Gasteiger partial charge in [0.05, 0.1) is 0 Å². The fourth-order valence-electron chi connectivity index (χ4n) is 5.09. The molecule has 0 amide bonds. The first-order valence-electron chi connectivity index (χ1n) is 10.2. The molecule has 0 bridgehead atoms. The minimum Gasteiger partial charge on any atom is -0.388 e. The van der Waals surface area contributed by atoms with Crippen molar-refractivity contribution in [2.24, 2.45) is 17.8 Å². The Bertz CT molecular complexity index is 541. The third-order valence-corrected chi connectivity index (χ3v) is 6.48. The summed E-state index contributed by atoms with van der Waals surface area (Å²) >= 11 is 0. The second kappa shape index (κ2) is 8.62. The first-order valence-corrected chi connectivity index (χ1v) is 10.2. The van der Waals surface area contributed by atoms with Crippen molar-refractivity contribution in [1.82, 2.24) is 4.98 Å². The number of hydrogen-bond acceptors (Lipinski definition) is 2. The van der Waals surface area contributed by atoms with Crippen molar-refractivity contribution in [3.63, 3.8) is 0 Å². The molecule has 5 heteroatoms. The van der Waals surface area contributed by atoms with Crippen LogP contribution in [-0.2, 0) is 0 Å². The summed E-state index contributed by atoms with van der Waals surface area (Å²) in [5.74, 6) is 2.74. The largest absolute Gasteiger partial charge is 0.574 e. The van der Waals surface area contributed by atoms with Crippen LogP contribution in [-0.4, -0.2) is 11.3 Å². The van der Waals surface area contributed by atoms with Gasteiger partial charge in [0.25, 0.3) is 0 Å². The number of pyridine rings is 1. The molecule has 26 heavy (non-hydrogen) atoms. The van der Waals surface area contributed by atoms with Crippen LogP contribution in [0.3, 0.4) is 0 Å². The average molecular weight is 369 g/mol. The van der Waals surface area contributed by atoms with Gasteiger partial charge in [0.15, 0.2) is 0 Å². The number of ether oxygens (including phenoxy) is 1. The number of aromatic nitrogens is 1. The molecular weight excluding hydrogens is 339 g/mol. The number of nitrogens with zero attached hydrogens (tertiary/aromatic N) is 1. The van der Waals surface area contributed by atoms with Gasteiger partial charge in [0.2, 0.25) is 5.88 Å². The lowest BCUT2D eigenvalue weighted by atomic mass is 9.68. The van der Waals surface area contributed by atoms with E-state index in [1.807, 2.05) is 0 Å². The SMILES string of the molecule is CCC[C@H]1CC[C@H]([C@H]2CC[C@H](c3ccc(OC(F)(F)F)nc3)CC2)CC1. The van der Waals surface area contributed by atoms with E-state index < -0.39 is 6.36 Å². The van der Waals surface area contributed by atoms with E-state index in [0.717, 1.165) is 36.2 Å². The van der Waals surface area contributed by atoms with Crippen molar-refractivity contribution >= 4 is 0 Å². The molecular formula is C21H30F3NO. The Labute approximate surface area is 154 Å². The number of hydrogen-bond donors (Lipinski definition) is 0. The zero-order valence-corrected chi connectivity index (χ0v) is 15.6. The van der Waals surface area contributed by atoms with Crippen LogP contribution in [0.2, 0.25) is 0 Å². The topological polar surface area (TPSA) is 22.1 Å². The highest BCUT2D eigenvalue weighted by molar-refractivity contribution is 5.22. The summed E-state index contributed by atoms with van der Waals surface area (Å²) in [7, 11) is 0. The summed E-state index contributed by atoms with van der Waals surface area (Å²) in [4.78, 5) is 3.83. The molecule has 0 N–H and O–H groups in total. The summed E-state index contributed by atoms with van der Waals surface area (Å²) in [5.41, 5.74) is 1.05. The van der Waals surface area contributed by atoms with Gasteiger partial charge in [-0.3, -0.25) is 0 Å². The molecule has 146 valence electrons. The van der Waals surface area contributed by atoms with Crippen molar-refractivity contribution in [3.05, 3.63) is 23.9 Å². The van der Waals surface area contributed by atoms with Crippen molar-refractivity contribution in [2.75, 3.05) is 0 Å². The molecule has 0 spiro atoms. The van der Waals surface area contributed by atoms with Crippen LogP contribution >= 0.6 is 0 Å². The van der Waals surface area contributed by atoms with E-state index in [4.69, 9.17) is 0 Å². The third kappa shape index (κ3) is 5.37. The second-order valence-electron chi connectivity index (χ2n) is 8.16. The highest BCUT2D eigenvalue weighted by atomic mass is 19.4. The van der Waals surface area contributed by atoms with Gasteiger partial charge in [-0.15, -0.1) is 13.2 Å². The lowest BCUT2D eigenvalue weighted by molar-refractivity contribution is -0.276. The molecule has 2 saturated carbocycles. The van der Waals surface area contributed by atoms with E-state index in [1.54, 1.807) is 12.3 Å². The van der Waals surface area contributed by atoms with Gasteiger partial charge < -0.3 is 4.74 Å². The van der Waals surface area contributed by atoms with Gasteiger partial charge in [-0.1, -0.05) is 38.7 Å². The number of rotatable bonds is 5. The fraction of sp³-hybridized carbons (Fsp3) is 0.762. The Kier molecular flexibility index (Phi) is 6.46. The molecule has 2 aliphatic rings. The van der Waals surface area contributed by atoms with Crippen LogP contribution in [0.15, 0.2) is 18.3 Å². The zero-order valence-electron chi connectivity index (χ0n) is 15.6. The molecule has 1 heterocycles. The summed E-state index contributed by atoms with van der Waals surface area (Å²) in [6, 6.07) is 3.08. The van der Waals surface area contributed by atoms with E-state index in [-0.39, 0.29) is 5.88 Å². The van der Waals surface area contributed by atoms with E-state index in [9.17, 15) is 13.2 Å². The maximum Gasteiger partial charge on any atom is 0.574 e. The molecule has 2 nitrogen and oxygen atoms in total. The summed E-state index contributed by atoms with van der Waals surface area (Å²) < 4.78 is 40.5. The van der Waals surface area contributed by atoms with Gasteiger partial charge in [-0.25, -0.2) is 4.98 Å². The van der Waals surface area contributed by atoms with Crippen molar-refractivity contribution in [2.45, 2.75) is 83.4 Å². The molecule has 0 atom stereocenters. The highest BCUT2D eigenvalue weighted by Gasteiger charge is 2.33. The number of halogens is 3. The number of alkyl halides is 3. The lowest BCUT2D eigenvalue weighted by Gasteiger charge is -2.38. The van der Waals surface area contributed by atoms with Crippen LogP contribution in [0.5, 0.6) is 5.88 Å².